The molecule has 0 bridgehead atoms. The number of rotatable bonds is 6. The number of hydrogen-bond acceptors (Lipinski definition) is 6. The van der Waals surface area contributed by atoms with Gasteiger partial charge in [-0.25, -0.2) is 9.59 Å². The summed E-state index contributed by atoms with van der Waals surface area (Å²) >= 11 is 6.43. The van der Waals surface area contributed by atoms with Gasteiger partial charge in [0.25, 0.3) is 0 Å². The number of thiocarbonyl (C=S) groups is 1. The zero-order valence-corrected chi connectivity index (χ0v) is 16.4. The Morgan fingerprint density at radius 2 is 1.65 bits per heavy atom. The second kappa shape index (κ2) is 9.30. The molecule has 138 valence electrons. The van der Waals surface area contributed by atoms with Crippen molar-refractivity contribution in [1.82, 2.24) is 0 Å². The normalized spacial score (nSPS) is 10.1. The van der Waals surface area contributed by atoms with Crippen molar-refractivity contribution in [2.75, 3.05) is 23.8 Å². The summed E-state index contributed by atoms with van der Waals surface area (Å²) in [5, 5.41) is 6.76. The fourth-order valence-electron chi connectivity index (χ4n) is 2.23. The van der Waals surface area contributed by atoms with Crippen molar-refractivity contribution in [2.24, 2.45) is 0 Å². The lowest BCUT2D eigenvalue weighted by Crippen LogP contribution is -2.20. The minimum absolute atomic E-state index is 0.231. The predicted octanol–water partition coefficient (Wildman–Crippen LogP) is 4.22. The summed E-state index contributed by atoms with van der Waals surface area (Å²) in [6.45, 7) is 5.62. The van der Waals surface area contributed by atoms with Crippen LogP contribution in [0.5, 0.6) is 0 Å². The highest BCUT2D eigenvalue weighted by molar-refractivity contribution is 7.80. The van der Waals surface area contributed by atoms with Gasteiger partial charge in [0.2, 0.25) is 0 Å². The van der Waals surface area contributed by atoms with Gasteiger partial charge < -0.3 is 20.1 Å². The molecule has 1 heterocycles. The fourth-order valence-corrected chi connectivity index (χ4v) is 3.61. The second-order valence-corrected chi connectivity index (χ2v) is 6.58. The number of benzene rings is 1. The Bertz CT molecular complexity index is 803. The Kier molecular flexibility index (Phi) is 7.11. The van der Waals surface area contributed by atoms with Gasteiger partial charge in [-0.3, -0.25) is 0 Å². The van der Waals surface area contributed by atoms with Gasteiger partial charge in [0.05, 0.1) is 18.8 Å². The minimum atomic E-state index is -0.512. The van der Waals surface area contributed by atoms with Crippen LogP contribution < -0.4 is 10.6 Å². The number of carbonyl (C=O) groups is 2. The van der Waals surface area contributed by atoms with E-state index >= 15 is 0 Å². The van der Waals surface area contributed by atoms with Gasteiger partial charge in [-0.1, -0.05) is 18.2 Å². The summed E-state index contributed by atoms with van der Waals surface area (Å²) in [6.07, 6.45) is 0. The molecule has 0 fully saturated rings. The molecule has 0 aliphatic carbocycles. The third-order valence-electron chi connectivity index (χ3n) is 3.35. The Morgan fingerprint density at radius 1 is 1.04 bits per heavy atom. The number of para-hydroxylation sites is 1. The molecule has 0 spiro atoms. The fraction of sp³-hybridized carbons (Fsp3) is 0.278. The van der Waals surface area contributed by atoms with Crippen molar-refractivity contribution < 1.29 is 19.1 Å². The van der Waals surface area contributed by atoms with E-state index in [0.29, 0.717) is 20.6 Å². The van der Waals surface area contributed by atoms with Crippen LogP contribution in [0.15, 0.2) is 30.3 Å². The molecule has 0 atom stereocenters. The molecular formula is C18H20N2O4S2. The molecule has 0 unspecified atom stereocenters. The maximum Gasteiger partial charge on any atom is 0.348 e. The van der Waals surface area contributed by atoms with Gasteiger partial charge in [0.1, 0.15) is 9.88 Å². The highest BCUT2D eigenvalue weighted by Gasteiger charge is 2.26. The van der Waals surface area contributed by atoms with E-state index in [1.807, 2.05) is 30.3 Å². The summed E-state index contributed by atoms with van der Waals surface area (Å²) in [5.74, 6) is -0.989. The highest BCUT2D eigenvalue weighted by Crippen LogP contribution is 2.34. The van der Waals surface area contributed by atoms with E-state index in [2.05, 4.69) is 10.6 Å². The Hall–Kier alpha value is -2.45. The largest absolute Gasteiger partial charge is 0.462 e. The van der Waals surface area contributed by atoms with Crippen LogP contribution in [0, 0.1) is 6.92 Å². The van der Waals surface area contributed by atoms with Crippen molar-refractivity contribution >= 4 is 51.3 Å². The predicted molar refractivity (Wildman–Crippen MR) is 107 cm³/mol. The van der Waals surface area contributed by atoms with Gasteiger partial charge >= 0.3 is 11.9 Å². The standard InChI is InChI=1S/C18H20N2O4S2/c1-4-23-16(21)13-11(3)14(17(22)24-5-2)26-15(13)20-18(25)19-12-9-7-6-8-10-12/h6-10H,4-5H2,1-3H3,(H2,19,20,25). The van der Waals surface area contributed by atoms with E-state index in [1.54, 1.807) is 20.8 Å². The average molecular weight is 393 g/mol. The number of nitrogens with one attached hydrogen (secondary N) is 2. The van der Waals surface area contributed by atoms with Crippen LogP contribution in [0.4, 0.5) is 10.7 Å². The van der Waals surface area contributed by atoms with E-state index in [4.69, 9.17) is 21.7 Å². The van der Waals surface area contributed by atoms with Crippen LogP contribution in [-0.4, -0.2) is 30.3 Å². The first kappa shape index (κ1) is 19.9. The third kappa shape index (κ3) is 4.80. The van der Waals surface area contributed by atoms with Crippen LogP contribution in [-0.2, 0) is 9.47 Å². The van der Waals surface area contributed by atoms with Crippen molar-refractivity contribution in [3.05, 3.63) is 46.3 Å². The van der Waals surface area contributed by atoms with Crippen LogP contribution in [0.3, 0.4) is 0 Å². The molecule has 26 heavy (non-hydrogen) atoms. The molecule has 0 aliphatic rings. The number of hydrogen-bond donors (Lipinski definition) is 2. The highest BCUT2D eigenvalue weighted by atomic mass is 32.1. The lowest BCUT2D eigenvalue weighted by atomic mass is 10.1. The maximum absolute atomic E-state index is 12.3. The van der Waals surface area contributed by atoms with Gasteiger partial charge in [0, 0.05) is 5.69 Å². The molecule has 2 rings (SSSR count). The van der Waals surface area contributed by atoms with E-state index in [9.17, 15) is 9.59 Å². The monoisotopic (exact) mass is 392 g/mol. The number of ether oxygens (including phenoxy) is 2. The molecule has 8 heteroatoms. The maximum atomic E-state index is 12.3. The molecule has 1 aromatic carbocycles. The van der Waals surface area contributed by atoms with Gasteiger partial charge in [0.15, 0.2) is 5.11 Å². The third-order valence-corrected chi connectivity index (χ3v) is 4.74. The van der Waals surface area contributed by atoms with Crippen LogP contribution in [0.25, 0.3) is 0 Å². The summed E-state index contributed by atoms with van der Waals surface area (Å²) in [4.78, 5) is 24.8. The van der Waals surface area contributed by atoms with Gasteiger partial charge in [-0.2, -0.15) is 0 Å². The molecule has 1 aromatic heterocycles. The molecule has 0 amide bonds. The van der Waals surface area contributed by atoms with Crippen molar-refractivity contribution in [3.63, 3.8) is 0 Å². The van der Waals surface area contributed by atoms with Gasteiger partial charge in [-0.15, -0.1) is 11.3 Å². The quantitative estimate of drug-likeness (QED) is 0.563. The van der Waals surface area contributed by atoms with E-state index in [0.717, 1.165) is 17.0 Å². The number of thiophene rings is 1. The molecule has 0 aliphatic heterocycles. The number of anilines is 2. The summed E-state index contributed by atoms with van der Waals surface area (Å²) in [7, 11) is 0. The topological polar surface area (TPSA) is 76.7 Å². The van der Waals surface area contributed by atoms with E-state index in [-0.39, 0.29) is 18.8 Å². The molecule has 0 saturated heterocycles. The van der Waals surface area contributed by atoms with E-state index < -0.39 is 11.9 Å². The lowest BCUT2D eigenvalue weighted by molar-refractivity contribution is 0.0527. The molecule has 2 N–H and O–H groups in total. The zero-order chi connectivity index (χ0) is 19.1. The summed E-state index contributed by atoms with van der Waals surface area (Å²) in [5.41, 5.74) is 1.61. The number of carbonyl (C=O) groups excluding carboxylic acids is 2. The Labute approximate surface area is 161 Å². The second-order valence-electron chi connectivity index (χ2n) is 5.15. The lowest BCUT2D eigenvalue weighted by Gasteiger charge is -2.11. The Balaban J connectivity index is 2.30. The number of esters is 2. The van der Waals surface area contributed by atoms with Crippen molar-refractivity contribution in [2.45, 2.75) is 20.8 Å². The smallest absolute Gasteiger partial charge is 0.348 e. The van der Waals surface area contributed by atoms with Crippen LogP contribution >= 0.6 is 23.6 Å². The molecule has 2 aromatic rings. The first-order chi connectivity index (χ1) is 12.5. The Morgan fingerprint density at radius 3 is 2.27 bits per heavy atom. The SMILES string of the molecule is CCOC(=O)c1sc(NC(=S)Nc2ccccc2)c(C(=O)OCC)c1C. The molecule has 6 nitrogen and oxygen atoms in total. The first-order valence-electron chi connectivity index (χ1n) is 8.08. The molecule has 0 radical (unpaired) electrons. The minimum Gasteiger partial charge on any atom is -0.462 e. The van der Waals surface area contributed by atoms with Crippen molar-refractivity contribution in [3.8, 4) is 0 Å². The molecular weight excluding hydrogens is 372 g/mol. The zero-order valence-electron chi connectivity index (χ0n) is 14.8. The van der Waals surface area contributed by atoms with Gasteiger partial charge in [-0.05, 0) is 50.7 Å². The van der Waals surface area contributed by atoms with E-state index in [1.165, 1.54) is 0 Å². The molecule has 0 saturated carbocycles. The first-order valence-corrected chi connectivity index (χ1v) is 9.31. The summed E-state index contributed by atoms with van der Waals surface area (Å²) < 4.78 is 10.2. The van der Waals surface area contributed by atoms with Crippen LogP contribution in [0.2, 0.25) is 0 Å². The summed E-state index contributed by atoms with van der Waals surface area (Å²) in [6, 6.07) is 9.38. The van der Waals surface area contributed by atoms with Crippen molar-refractivity contribution in [1.29, 1.82) is 0 Å². The van der Waals surface area contributed by atoms with Crippen LogP contribution in [0.1, 0.15) is 39.4 Å². The average Bonchev–Trinajstić information content (AvgIpc) is 2.92.